The first-order valence-electron chi connectivity index (χ1n) is 3.58. The lowest BCUT2D eigenvalue weighted by Gasteiger charge is -2.07. The van der Waals surface area contributed by atoms with E-state index in [1.807, 2.05) is 0 Å². The van der Waals surface area contributed by atoms with Gasteiger partial charge in [-0.15, -0.1) is 11.6 Å². The zero-order valence-corrected chi connectivity index (χ0v) is 7.56. The number of hydrogen-bond acceptors (Lipinski definition) is 2. The fourth-order valence-electron chi connectivity index (χ4n) is 0.966. The second-order valence-corrected chi connectivity index (χ2v) is 2.71. The van der Waals surface area contributed by atoms with Crippen molar-refractivity contribution in [2.45, 2.75) is 12.3 Å². The number of carbonyl (C=O) groups excluding carboxylic acids is 1. The van der Waals surface area contributed by atoms with Crippen LogP contribution in [-0.2, 0) is 5.88 Å². The predicted octanol–water partition coefficient (Wildman–Crippen LogP) is 2.71. The molecule has 0 bridgehead atoms. The molecule has 0 N–H and O–H groups in total. The molecule has 1 aromatic heterocycles. The van der Waals surface area contributed by atoms with Crippen molar-refractivity contribution >= 4 is 17.9 Å². The minimum atomic E-state index is -3.03. The number of alkyl halides is 3. The van der Waals surface area contributed by atoms with Gasteiger partial charge in [0.2, 0.25) is 0 Å². The number of rotatable bonds is 3. The molecule has 0 amide bonds. The van der Waals surface area contributed by atoms with E-state index in [1.54, 1.807) is 0 Å². The van der Waals surface area contributed by atoms with Crippen LogP contribution in [0.4, 0.5) is 13.2 Å². The van der Waals surface area contributed by atoms with E-state index in [4.69, 9.17) is 11.6 Å². The molecule has 0 aliphatic rings. The highest BCUT2D eigenvalue weighted by molar-refractivity contribution is 6.17. The molecule has 1 aromatic rings. The standard InChI is InChI=1S/C8H5ClF3NO/c9-1-5-6(8(11)12)7(10)4(3-14)2-13-5/h2-3,8H,1H2. The monoisotopic (exact) mass is 223 g/mol. The lowest BCUT2D eigenvalue weighted by atomic mass is 10.1. The summed E-state index contributed by atoms with van der Waals surface area (Å²) in [6, 6.07) is 0. The molecular formula is C8H5ClF3NO. The van der Waals surface area contributed by atoms with E-state index >= 15 is 0 Å². The summed E-state index contributed by atoms with van der Waals surface area (Å²) < 4.78 is 37.8. The van der Waals surface area contributed by atoms with E-state index < -0.39 is 23.4 Å². The normalized spacial score (nSPS) is 10.6. The van der Waals surface area contributed by atoms with E-state index in [2.05, 4.69) is 4.98 Å². The lowest BCUT2D eigenvalue weighted by Crippen LogP contribution is -2.04. The van der Waals surface area contributed by atoms with Gasteiger partial charge in [0.25, 0.3) is 6.43 Å². The first-order chi connectivity index (χ1) is 6.61. The van der Waals surface area contributed by atoms with Gasteiger partial charge in [-0.1, -0.05) is 0 Å². The maximum Gasteiger partial charge on any atom is 0.268 e. The number of hydrogen-bond donors (Lipinski definition) is 0. The van der Waals surface area contributed by atoms with Crippen molar-refractivity contribution < 1.29 is 18.0 Å². The number of aldehydes is 1. The summed E-state index contributed by atoms with van der Waals surface area (Å²) in [5.41, 5.74) is -1.64. The van der Waals surface area contributed by atoms with Crippen LogP contribution in [0.1, 0.15) is 28.0 Å². The number of halogens is 4. The van der Waals surface area contributed by atoms with Crippen LogP contribution in [0.2, 0.25) is 0 Å². The summed E-state index contributed by atoms with van der Waals surface area (Å²) in [5, 5.41) is 0. The topological polar surface area (TPSA) is 30.0 Å². The van der Waals surface area contributed by atoms with Crippen molar-refractivity contribution in [1.29, 1.82) is 0 Å². The van der Waals surface area contributed by atoms with Gasteiger partial charge in [-0.25, -0.2) is 13.2 Å². The summed E-state index contributed by atoms with van der Waals surface area (Å²) in [5.74, 6) is -1.57. The quantitative estimate of drug-likeness (QED) is 0.583. The van der Waals surface area contributed by atoms with Crippen molar-refractivity contribution in [3.05, 3.63) is 28.8 Å². The third-order valence-corrected chi connectivity index (χ3v) is 1.89. The number of aromatic nitrogens is 1. The molecule has 0 unspecified atom stereocenters. The molecule has 0 spiro atoms. The first-order valence-corrected chi connectivity index (χ1v) is 4.11. The minimum absolute atomic E-state index is 0.131. The van der Waals surface area contributed by atoms with Crippen LogP contribution in [0.3, 0.4) is 0 Å². The number of nitrogens with zero attached hydrogens (tertiary/aromatic N) is 1. The van der Waals surface area contributed by atoms with Gasteiger partial charge in [0.15, 0.2) is 6.29 Å². The predicted molar refractivity (Wildman–Crippen MR) is 44.1 cm³/mol. The Morgan fingerprint density at radius 3 is 2.64 bits per heavy atom. The molecule has 0 saturated carbocycles. The Morgan fingerprint density at radius 1 is 1.57 bits per heavy atom. The third-order valence-electron chi connectivity index (χ3n) is 1.63. The molecule has 0 radical (unpaired) electrons. The summed E-state index contributed by atoms with van der Waals surface area (Å²) >= 11 is 5.29. The van der Waals surface area contributed by atoms with E-state index in [1.165, 1.54) is 0 Å². The molecule has 6 heteroatoms. The molecule has 0 aliphatic heterocycles. The van der Waals surface area contributed by atoms with E-state index in [9.17, 15) is 18.0 Å². The zero-order chi connectivity index (χ0) is 10.7. The maximum atomic E-state index is 13.2. The van der Waals surface area contributed by atoms with Crippen LogP contribution in [-0.4, -0.2) is 11.3 Å². The molecule has 2 nitrogen and oxygen atoms in total. The highest BCUT2D eigenvalue weighted by Gasteiger charge is 2.21. The van der Waals surface area contributed by atoms with Gasteiger partial charge >= 0.3 is 0 Å². The first kappa shape index (κ1) is 11.0. The molecule has 1 heterocycles. The molecule has 0 fully saturated rings. The van der Waals surface area contributed by atoms with Gasteiger partial charge in [-0.2, -0.15) is 0 Å². The molecule has 1 rings (SSSR count). The Balaban J connectivity index is 3.38. The van der Waals surface area contributed by atoms with E-state index in [-0.39, 0.29) is 17.9 Å². The largest absolute Gasteiger partial charge is 0.298 e. The Hall–Kier alpha value is -1.10. The van der Waals surface area contributed by atoms with Crippen molar-refractivity contribution in [3.63, 3.8) is 0 Å². The molecule has 0 aromatic carbocycles. The molecule has 14 heavy (non-hydrogen) atoms. The van der Waals surface area contributed by atoms with Gasteiger partial charge in [0.1, 0.15) is 5.82 Å². The average molecular weight is 224 g/mol. The highest BCUT2D eigenvalue weighted by atomic mass is 35.5. The highest BCUT2D eigenvalue weighted by Crippen LogP contribution is 2.26. The van der Waals surface area contributed by atoms with Gasteiger partial charge in [-0.05, 0) is 0 Å². The van der Waals surface area contributed by atoms with Crippen molar-refractivity contribution in [2.75, 3.05) is 0 Å². The second kappa shape index (κ2) is 4.41. The van der Waals surface area contributed by atoms with E-state index in [0.717, 1.165) is 6.20 Å². The Kier molecular flexibility index (Phi) is 3.46. The SMILES string of the molecule is O=Cc1cnc(CCl)c(C(F)F)c1F. The van der Waals surface area contributed by atoms with Crippen LogP contribution in [0, 0.1) is 5.82 Å². The molecule has 0 aliphatic carbocycles. The maximum absolute atomic E-state index is 13.2. The van der Waals surface area contributed by atoms with Crippen molar-refractivity contribution in [3.8, 4) is 0 Å². The Morgan fingerprint density at radius 2 is 2.21 bits per heavy atom. The Labute approximate surface area is 82.7 Å². The summed E-state index contributed by atoms with van der Waals surface area (Å²) in [7, 11) is 0. The van der Waals surface area contributed by atoms with E-state index in [0.29, 0.717) is 0 Å². The van der Waals surface area contributed by atoms with Crippen molar-refractivity contribution in [1.82, 2.24) is 4.98 Å². The van der Waals surface area contributed by atoms with Crippen molar-refractivity contribution in [2.24, 2.45) is 0 Å². The Bertz CT molecular complexity index is 357. The number of pyridine rings is 1. The van der Waals surface area contributed by atoms with Crippen LogP contribution in [0.15, 0.2) is 6.20 Å². The zero-order valence-electron chi connectivity index (χ0n) is 6.81. The van der Waals surface area contributed by atoms with Gasteiger partial charge < -0.3 is 0 Å². The van der Waals surface area contributed by atoms with Crippen LogP contribution in [0.25, 0.3) is 0 Å². The van der Waals surface area contributed by atoms with Gasteiger partial charge in [0.05, 0.1) is 22.7 Å². The molecule has 0 saturated heterocycles. The van der Waals surface area contributed by atoms with Crippen LogP contribution >= 0.6 is 11.6 Å². The number of carbonyl (C=O) groups is 1. The summed E-state index contributed by atoms with van der Waals surface area (Å²) in [6.07, 6.45) is -2.02. The van der Waals surface area contributed by atoms with Crippen LogP contribution in [0.5, 0.6) is 0 Å². The minimum Gasteiger partial charge on any atom is -0.298 e. The van der Waals surface area contributed by atoms with Gasteiger partial charge in [-0.3, -0.25) is 9.78 Å². The molecule has 0 atom stereocenters. The second-order valence-electron chi connectivity index (χ2n) is 2.44. The third kappa shape index (κ3) is 1.87. The van der Waals surface area contributed by atoms with Crippen LogP contribution < -0.4 is 0 Å². The molecule has 76 valence electrons. The fraction of sp³-hybridized carbons (Fsp3) is 0.250. The fourth-order valence-corrected chi connectivity index (χ4v) is 1.18. The summed E-state index contributed by atoms with van der Waals surface area (Å²) in [6.45, 7) is 0. The lowest BCUT2D eigenvalue weighted by molar-refractivity contribution is 0.111. The van der Waals surface area contributed by atoms with Gasteiger partial charge in [0, 0.05) is 6.20 Å². The summed E-state index contributed by atoms with van der Waals surface area (Å²) in [4.78, 5) is 13.7. The smallest absolute Gasteiger partial charge is 0.268 e. The molecular weight excluding hydrogens is 219 g/mol. The average Bonchev–Trinajstić information content (AvgIpc) is 2.16.